The first-order valence-electron chi connectivity index (χ1n) is 6.53. The van der Waals surface area contributed by atoms with Crippen molar-refractivity contribution in [1.29, 1.82) is 0 Å². The highest BCUT2D eigenvalue weighted by molar-refractivity contribution is 5.42. The van der Waals surface area contributed by atoms with Crippen molar-refractivity contribution in [1.82, 2.24) is 10.2 Å². The van der Waals surface area contributed by atoms with E-state index < -0.39 is 0 Å². The van der Waals surface area contributed by atoms with Gasteiger partial charge in [0.1, 0.15) is 0 Å². The van der Waals surface area contributed by atoms with Crippen molar-refractivity contribution >= 4 is 5.69 Å². The van der Waals surface area contributed by atoms with Crippen molar-refractivity contribution in [2.24, 2.45) is 0 Å². The first-order chi connectivity index (χ1) is 9.24. The molecule has 0 aliphatic carbocycles. The molecule has 1 aromatic carbocycles. The van der Waals surface area contributed by atoms with Gasteiger partial charge < -0.3 is 5.32 Å². The summed E-state index contributed by atoms with van der Waals surface area (Å²) >= 11 is 0. The predicted molar refractivity (Wildman–Crippen MR) is 75.1 cm³/mol. The quantitative estimate of drug-likeness (QED) is 0.501. The average Bonchev–Trinajstić information content (AvgIpc) is 2.45. The summed E-state index contributed by atoms with van der Waals surface area (Å²) in [5.74, 6) is 0. The van der Waals surface area contributed by atoms with Crippen molar-refractivity contribution < 1.29 is 4.92 Å². The minimum Gasteiger partial charge on any atom is -0.314 e. The third-order valence-electron chi connectivity index (χ3n) is 3.47. The number of rotatable bonds is 5. The summed E-state index contributed by atoms with van der Waals surface area (Å²) in [7, 11) is 0. The second-order valence-electron chi connectivity index (χ2n) is 4.64. The van der Waals surface area contributed by atoms with Crippen LogP contribution in [0.1, 0.15) is 18.0 Å². The summed E-state index contributed by atoms with van der Waals surface area (Å²) in [5.41, 5.74) is 0.988. The molecule has 1 heterocycles. The zero-order chi connectivity index (χ0) is 13.7. The molecule has 5 nitrogen and oxygen atoms in total. The maximum Gasteiger partial charge on any atom is 0.274 e. The number of nitro benzene ring substituents is 1. The molecule has 5 heteroatoms. The molecule has 1 saturated heterocycles. The summed E-state index contributed by atoms with van der Waals surface area (Å²) in [6, 6.07) is 7.05. The molecule has 1 atom stereocenters. The molecule has 0 saturated carbocycles. The number of para-hydroxylation sites is 1. The Morgan fingerprint density at radius 1 is 1.42 bits per heavy atom. The van der Waals surface area contributed by atoms with E-state index in [9.17, 15) is 10.1 Å². The number of nitrogens with one attached hydrogen (secondary N) is 1. The Kier molecular flexibility index (Phi) is 4.65. The number of nitrogens with zero attached hydrogens (tertiary/aromatic N) is 2. The van der Waals surface area contributed by atoms with Gasteiger partial charge in [-0.1, -0.05) is 24.3 Å². The van der Waals surface area contributed by atoms with E-state index in [0.717, 1.165) is 38.2 Å². The Hall–Kier alpha value is -1.72. The molecule has 0 unspecified atom stereocenters. The Bertz CT molecular complexity index is 456. The van der Waals surface area contributed by atoms with Gasteiger partial charge in [0.25, 0.3) is 5.69 Å². The third kappa shape index (κ3) is 3.19. The van der Waals surface area contributed by atoms with Crippen LogP contribution in [0, 0.1) is 10.1 Å². The van der Waals surface area contributed by atoms with E-state index in [1.165, 1.54) is 0 Å². The normalized spacial score (nSPS) is 17.9. The minimum absolute atomic E-state index is 0.0428. The van der Waals surface area contributed by atoms with E-state index in [1.807, 2.05) is 18.2 Å². The number of nitro groups is 1. The smallest absolute Gasteiger partial charge is 0.274 e. The SMILES string of the molecule is C=CC[C@H](c1ccccc1[N+](=O)[O-])N1CCNCC1. The van der Waals surface area contributed by atoms with E-state index in [1.54, 1.807) is 12.1 Å². The van der Waals surface area contributed by atoms with E-state index in [2.05, 4.69) is 16.8 Å². The van der Waals surface area contributed by atoms with Gasteiger partial charge in [0.15, 0.2) is 0 Å². The first-order valence-corrected chi connectivity index (χ1v) is 6.53. The fourth-order valence-corrected chi connectivity index (χ4v) is 2.56. The van der Waals surface area contributed by atoms with Crippen LogP contribution in [0.4, 0.5) is 5.69 Å². The van der Waals surface area contributed by atoms with Crippen LogP contribution in [-0.2, 0) is 0 Å². The number of hydrogen-bond donors (Lipinski definition) is 1. The number of hydrogen-bond acceptors (Lipinski definition) is 4. The lowest BCUT2D eigenvalue weighted by atomic mass is 9.99. The topological polar surface area (TPSA) is 58.4 Å². The number of piperazine rings is 1. The molecule has 19 heavy (non-hydrogen) atoms. The highest BCUT2D eigenvalue weighted by Gasteiger charge is 2.26. The fraction of sp³-hybridized carbons (Fsp3) is 0.429. The van der Waals surface area contributed by atoms with Gasteiger partial charge in [0.2, 0.25) is 0 Å². The predicted octanol–water partition coefficient (Wildman–Crippen LogP) is 2.12. The highest BCUT2D eigenvalue weighted by Crippen LogP contribution is 2.31. The first kappa shape index (κ1) is 13.7. The molecule has 1 fully saturated rings. The summed E-state index contributed by atoms with van der Waals surface area (Å²) in [6.07, 6.45) is 2.56. The minimum atomic E-state index is -0.298. The molecular weight excluding hydrogens is 242 g/mol. The van der Waals surface area contributed by atoms with E-state index in [0.29, 0.717) is 0 Å². The second kappa shape index (κ2) is 6.45. The Morgan fingerprint density at radius 3 is 2.74 bits per heavy atom. The Morgan fingerprint density at radius 2 is 2.11 bits per heavy atom. The average molecular weight is 261 g/mol. The molecule has 0 spiro atoms. The van der Waals surface area contributed by atoms with Crippen molar-refractivity contribution in [2.75, 3.05) is 26.2 Å². The summed E-state index contributed by atoms with van der Waals surface area (Å²) < 4.78 is 0. The third-order valence-corrected chi connectivity index (χ3v) is 3.47. The van der Waals surface area contributed by atoms with Crippen LogP contribution in [0.3, 0.4) is 0 Å². The van der Waals surface area contributed by atoms with Crippen LogP contribution in [-0.4, -0.2) is 36.0 Å². The van der Waals surface area contributed by atoms with Crippen molar-refractivity contribution in [3.63, 3.8) is 0 Å². The van der Waals surface area contributed by atoms with Crippen LogP contribution < -0.4 is 5.32 Å². The second-order valence-corrected chi connectivity index (χ2v) is 4.64. The monoisotopic (exact) mass is 261 g/mol. The highest BCUT2D eigenvalue weighted by atomic mass is 16.6. The molecule has 0 radical (unpaired) electrons. The van der Waals surface area contributed by atoms with Crippen molar-refractivity contribution in [3.8, 4) is 0 Å². The molecule has 0 aromatic heterocycles. The van der Waals surface area contributed by atoms with Gasteiger partial charge in [-0.3, -0.25) is 15.0 Å². The molecular formula is C14H19N3O2. The van der Waals surface area contributed by atoms with Gasteiger partial charge in [-0.25, -0.2) is 0 Å². The van der Waals surface area contributed by atoms with Crippen molar-refractivity contribution in [3.05, 3.63) is 52.6 Å². The van der Waals surface area contributed by atoms with E-state index in [4.69, 9.17) is 0 Å². The Balaban J connectivity index is 2.32. The van der Waals surface area contributed by atoms with Gasteiger partial charge in [-0.2, -0.15) is 0 Å². The van der Waals surface area contributed by atoms with Crippen LogP contribution in [0.2, 0.25) is 0 Å². The van der Waals surface area contributed by atoms with E-state index in [-0.39, 0.29) is 16.7 Å². The molecule has 0 bridgehead atoms. The lowest BCUT2D eigenvalue weighted by Crippen LogP contribution is -2.45. The largest absolute Gasteiger partial charge is 0.314 e. The number of benzene rings is 1. The molecule has 0 amide bonds. The Labute approximate surface area is 113 Å². The van der Waals surface area contributed by atoms with Gasteiger partial charge in [-0.05, 0) is 6.42 Å². The van der Waals surface area contributed by atoms with E-state index >= 15 is 0 Å². The van der Waals surface area contributed by atoms with Crippen LogP contribution in [0.5, 0.6) is 0 Å². The fourth-order valence-electron chi connectivity index (χ4n) is 2.56. The van der Waals surface area contributed by atoms with Crippen LogP contribution in [0.15, 0.2) is 36.9 Å². The lowest BCUT2D eigenvalue weighted by molar-refractivity contribution is -0.386. The van der Waals surface area contributed by atoms with Gasteiger partial charge in [0, 0.05) is 43.9 Å². The molecule has 2 rings (SSSR count). The van der Waals surface area contributed by atoms with Gasteiger partial charge >= 0.3 is 0 Å². The zero-order valence-electron chi connectivity index (χ0n) is 10.9. The maximum absolute atomic E-state index is 11.2. The molecule has 102 valence electrons. The molecule has 1 aromatic rings. The summed E-state index contributed by atoms with van der Waals surface area (Å²) in [4.78, 5) is 13.2. The molecule has 1 aliphatic heterocycles. The van der Waals surface area contributed by atoms with Crippen LogP contribution in [0.25, 0.3) is 0 Å². The standard InChI is InChI=1S/C14H19N3O2/c1-2-5-13(16-10-8-15-9-11-16)12-6-3-4-7-14(12)17(18)19/h2-4,6-7,13,15H,1,5,8-11H2/t13-/m1/s1. The summed E-state index contributed by atoms with van der Waals surface area (Å²) in [6.45, 7) is 7.45. The van der Waals surface area contributed by atoms with Crippen molar-refractivity contribution in [2.45, 2.75) is 12.5 Å². The zero-order valence-corrected chi connectivity index (χ0v) is 10.9. The molecule has 1 N–H and O–H groups in total. The maximum atomic E-state index is 11.2. The van der Waals surface area contributed by atoms with Crippen LogP contribution >= 0.6 is 0 Å². The lowest BCUT2D eigenvalue weighted by Gasteiger charge is -2.34. The van der Waals surface area contributed by atoms with Gasteiger partial charge in [-0.15, -0.1) is 6.58 Å². The summed E-state index contributed by atoms with van der Waals surface area (Å²) in [5, 5.41) is 14.5. The molecule has 1 aliphatic rings. The van der Waals surface area contributed by atoms with Gasteiger partial charge in [0.05, 0.1) is 4.92 Å².